The average Bonchev–Trinajstić information content (AvgIpc) is 2.53. The Morgan fingerprint density at radius 3 is 2.40 bits per heavy atom. The molecule has 8 heteroatoms. The Hall–Kier alpha value is -1.48. The van der Waals surface area contributed by atoms with Crippen molar-refractivity contribution in [2.75, 3.05) is 18.2 Å². The number of rotatable bonds is 7. The lowest BCUT2D eigenvalue weighted by atomic mass is 9.54. The van der Waals surface area contributed by atoms with Gasteiger partial charge in [0.05, 0.1) is 12.4 Å². The van der Waals surface area contributed by atoms with Crippen LogP contribution in [0.4, 0.5) is 5.69 Å². The Labute approximate surface area is 149 Å². The largest absolute Gasteiger partial charge is 0.378 e. The summed E-state index contributed by atoms with van der Waals surface area (Å²) < 4.78 is 30.3. The first-order valence-electron chi connectivity index (χ1n) is 8.25. The molecule has 0 aromatic heterocycles. The lowest BCUT2D eigenvalue weighted by Gasteiger charge is -2.57. The molecule has 2 rings (SSSR count). The van der Waals surface area contributed by atoms with Gasteiger partial charge in [-0.3, -0.25) is 4.79 Å². The molecule has 2 atom stereocenters. The normalized spacial score (nSPS) is 25.2. The number of carbonyl (C=O) groups excluding carboxylic acids is 1. The molecule has 1 aliphatic rings. The van der Waals surface area contributed by atoms with Crippen molar-refractivity contribution in [1.82, 2.24) is 4.72 Å². The molecular weight excluding hydrogens is 342 g/mol. The van der Waals surface area contributed by atoms with Crippen molar-refractivity contribution in [2.45, 2.75) is 45.4 Å². The topological polar surface area (TPSA) is 111 Å². The highest BCUT2D eigenvalue weighted by Gasteiger charge is 2.62. The molecule has 0 heterocycles. The van der Waals surface area contributed by atoms with Crippen molar-refractivity contribution in [3.8, 4) is 0 Å². The number of anilines is 1. The maximum absolute atomic E-state index is 12.6. The Morgan fingerprint density at radius 2 is 1.92 bits per heavy atom. The van der Waals surface area contributed by atoms with Gasteiger partial charge >= 0.3 is 0 Å². The summed E-state index contributed by atoms with van der Waals surface area (Å²) in [6, 6.07) is 6.97. The van der Waals surface area contributed by atoms with E-state index in [0.717, 1.165) is 11.8 Å². The van der Waals surface area contributed by atoms with E-state index in [1.54, 1.807) is 24.3 Å². The zero-order valence-electron chi connectivity index (χ0n) is 15.1. The van der Waals surface area contributed by atoms with E-state index < -0.39 is 21.0 Å². The van der Waals surface area contributed by atoms with Gasteiger partial charge in [0.25, 0.3) is 0 Å². The third-order valence-electron chi connectivity index (χ3n) is 4.99. The standard InChI is InChI=1S/C17H27N3O4S/c1-5-24-14-10-17(18,16(14,2)3)15(21)20-13-8-6-12(7-9-13)11-19-25(4,22)23/h6-9,14,19H,5,10-11,18H2,1-4H3,(H,20,21). The van der Waals surface area contributed by atoms with Crippen LogP contribution in [0.25, 0.3) is 0 Å². The lowest BCUT2D eigenvalue weighted by molar-refractivity contribution is -0.166. The molecule has 1 fully saturated rings. The van der Waals surface area contributed by atoms with Gasteiger partial charge < -0.3 is 15.8 Å². The van der Waals surface area contributed by atoms with E-state index in [-0.39, 0.29) is 18.6 Å². The minimum atomic E-state index is -3.24. The number of hydrogen-bond acceptors (Lipinski definition) is 5. The minimum Gasteiger partial charge on any atom is -0.378 e. The maximum atomic E-state index is 12.6. The summed E-state index contributed by atoms with van der Waals surface area (Å²) in [6.07, 6.45) is 1.56. The van der Waals surface area contributed by atoms with Crippen LogP contribution >= 0.6 is 0 Å². The monoisotopic (exact) mass is 369 g/mol. The van der Waals surface area contributed by atoms with Gasteiger partial charge in [-0.25, -0.2) is 13.1 Å². The molecule has 0 spiro atoms. The molecule has 4 N–H and O–H groups in total. The summed E-state index contributed by atoms with van der Waals surface area (Å²) in [6.45, 7) is 6.60. The van der Waals surface area contributed by atoms with E-state index in [2.05, 4.69) is 10.0 Å². The highest BCUT2D eigenvalue weighted by molar-refractivity contribution is 7.88. The van der Waals surface area contributed by atoms with Crippen LogP contribution < -0.4 is 15.8 Å². The molecule has 0 aliphatic heterocycles. The number of ether oxygens (including phenoxy) is 1. The van der Waals surface area contributed by atoms with Crippen LogP contribution in [0.3, 0.4) is 0 Å². The van der Waals surface area contributed by atoms with Gasteiger partial charge in [-0.1, -0.05) is 26.0 Å². The van der Waals surface area contributed by atoms with Gasteiger partial charge in [-0.2, -0.15) is 0 Å². The van der Waals surface area contributed by atoms with Crippen LogP contribution in [0.15, 0.2) is 24.3 Å². The number of hydrogen-bond donors (Lipinski definition) is 3. The fourth-order valence-corrected chi connectivity index (χ4v) is 3.41. The molecule has 1 aromatic carbocycles. The summed E-state index contributed by atoms with van der Waals surface area (Å²) in [4.78, 5) is 12.6. The molecule has 1 saturated carbocycles. The molecule has 1 aliphatic carbocycles. The Morgan fingerprint density at radius 1 is 1.32 bits per heavy atom. The summed E-state index contributed by atoms with van der Waals surface area (Å²) in [7, 11) is -3.24. The molecule has 0 saturated heterocycles. The van der Waals surface area contributed by atoms with Crippen LogP contribution in [-0.2, 0) is 26.1 Å². The first-order valence-corrected chi connectivity index (χ1v) is 10.1. The van der Waals surface area contributed by atoms with E-state index in [9.17, 15) is 13.2 Å². The predicted molar refractivity (Wildman–Crippen MR) is 97.5 cm³/mol. The van der Waals surface area contributed by atoms with Gasteiger partial charge in [-0.05, 0) is 24.6 Å². The number of sulfonamides is 1. The second-order valence-electron chi connectivity index (χ2n) is 7.09. The van der Waals surface area contributed by atoms with Gasteiger partial charge in [0, 0.05) is 30.7 Å². The maximum Gasteiger partial charge on any atom is 0.245 e. The van der Waals surface area contributed by atoms with Crippen molar-refractivity contribution in [3.05, 3.63) is 29.8 Å². The molecular formula is C17H27N3O4S. The number of carbonyl (C=O) groups is 1. The van der Waals surface area contributed by atoms with Crippen LogP contribution in [0.2, 0.25) is 0 Å². The summed E-state index contributed by atoms with van der Waals surface area (Å²) in [5.41, 5.74) is 6.33. The second-order valence-corrected chi connectivity index (χ2v) is 8.92. The van der Waals surface area contributed by atoms with Gasteiger partial charge in [0.1, 0.15) is 5.54 Å². The molecule has 7 nitrogen and oxygen atoms in total. The van der Waals surface area contributed by atoms with Crippen LogP contribution in [0.5, 0.6) is 0 Å². The third-order valence-corrected chi connectivity index (χ3v) is 5.65. The van der Waals surface area contributed by atoms with Crippen molar-refractivity contribution in [1.29, 1.82) is 0 Å². The third kappa shape index (κ3) is 4.20. The zero-order valence-corrected chi connectivity index (χ0v) is 15.9. The van der Waals surface area contributed by atoms with E-state index in [1.165, 1.54) is 0 Å². The van der Waals surface area contributed by atoms with Crippen LogP contribution in [0.1, 0.15) is 32.8 Å². The molecule has 0 radical (unpaired) electrons. The Kier molecular flexibility index (Phi) is 5.58. The first kappa shape index (κ1) is 19.8. The number of nitrogens with two attached hydrogens (primary N) is 1. The zero-order chi connectivity index (χ0) is 18.9. The predicted octanol–water partition coefficient (Wildman–Crippen LogP) is 1.21. The van der Waals surface area contributed by atoms with Crippen molar-refractivity contribution < 1.29 is 17.9 Å². The van der Waals surface area contributed by atoms with E-state index >= 15 is 0 Å². The Balaban J connectivity index is 1.99. The van der Waals surface area contributed by atoms with Crippen LogP contribution in [-0.4, -0.2) is 38.8 Å². The summed E-state index contributed by atoms with van der Waals surface area (Å²) in [5, 5.41) is 2.84. The highest BCUT2D eigenvalue weighted by atomic mass is 32.2. The fraction of sp³-hybridized carbons (Fsp3) is 0.588. The quantitative estimate of drug-likeness (QED) is 0.669. The van der Waals surface area contributed by atoms with Crippen molar-refractivity contribution in [2.24, 2.45) is 11.1 Å². The van der Waals surface area contributed by atoms with E-state index in [1.807, 2.05) is 20.8 Å². The molecule has 2 unspecified atom stereocenters. The molecule has 25 heavy (non-hydrogen) atoms. The summed E-state index contributed by atoms with van der Waals surface area (Å²) in [5.74, 6) is -0.240. The molecule has 140 valence electrons. The lowest BCUT2D eigenvalue weighted by Crippen LogP contribution is -2.74. The SMILES string of the molecule is CCOC1CC(N)(C(=O)Nc2ccc(CNS(C)(=O)=O)cc2)C1(C)C. The highest BCUT2D eigenvalue weighted by Crippen LogP contribution is 2.50. The smallest absolute Gasteiger partial charge is 0.245 e. The molecule has 1 aromatic rings. The first-order chi connectivity index (χ1) is 11.5. The van der Waals surface area contributed by atoms with Crippen molar-refractivity contribution >= 4 is 21.6 Å². The fourth-order valence-electron chi connectivity index (χ4n) is 2.98. The van der Waals surface area contributed by atoms with Gasteiger partial charge in [-0.15, -0.1) is 0 Å². The van der Waals surface area contributed by atoms with Crippen molar-refractivity contribution in [3.63, 3.8) is 0 Å². The number of benzene rings is 1. The second kappa shape index (κ2) is 7.03. The molecule has 1 amide bonds. The van der Waals surface area contributed by atoms with Gasteiger partial charge in [0.15, 0.2) is 0 Å². The Bertz CT molecular complexity index is 731. The summed E-state index contributed by atoms with van der Waals surface area (Å²) >= 11 is 0. The molecule has 0 bridgehead atoms. The average molecular weight is 369 g/mol. The number of nitrogens with one attached hydrogen (secondary N) is 2. The van der Waals surface area contributed by atoms with E-state index in [0.29, 0.717) is 18.7 Å². The minimum absolute atomic E-state index is 0.0299. The number of amides is 1. The van der Waals surface area contributed by atoms with Gasteiger partial charge in [0.2, 0.25) is 15.9 Å². The van der Waals surface area contributed by atoms with Crippen LogP contribution in [0, 0.1) is 5.41 Å². The van der Waals surface area contributed by atoms with E-state index in [4.69, 9.17) is 10.5 Å².